The Kier molecular flexibility index (Phi) is 6.26. The molecule has 0 amide bonds. The van der Waals surface area contributed by atoms with Crippen molar-refractivity contribution in [1.82, 2.24) is 0 Å². The molecule has 0 unspecified atom stereocenters. The number of carboxylic acid groups (broad SMARTS) is 1. The van der Waals surface area contributed by atoms with E-state index in [9.17, 15) is 4.79 Å². The minimum atomic E-state index is -0.879. The molecule has 1 N–H and O–H groups in total. The molecule has 2 nitrogen and oxygen atoms in total. The van der Waals surface area contributed by atoms with Crippen LogP contribution in [0.1, 0.15) is 29.3 Å². The molecule has 0 saturated carbocycles. The molecule has 0 aliphatic heterocycles. The van der Waals surface area contributed by atoms with Gasteiger partial charge in [-0.05, 0) is 24.1 Å². The van der Waals surface area contributed by atoms with Gasteiger partial charge in [0.1, 0.15) is 0 Å². The van der Waals surface area contributed by atoms with Gasteiger partial charge in [0.25, 0.3) is 0 Å². The van der Waals surface area contributed by atoms with Gasteiger partial charge in [0.15, 0.2) is 0 Å². The van der Waals surface area contributed by atoms with Crippen molar-refractivity contribution in [2.75, 3.05) is 0 Å². The summed E-state index contributed by atoms with van der Waals surface area (Å²) in [5, 5.41) is 8.38. The molecule has 18 heavy (non-hydrogen) atoms. The zero-order valence-corrected chi connectivity index (χ0v) is 10.5. The average Bonchev–Trinajstić information content (AvgIpc) is 2.42. The second-order valence-electron chi connectivity index (χ2n) is 3.91. The Morgan fingerprint density at radius 2 is 1.44 bits per heavy atom. The molecular formula is C16H18O2. The molecule has 0 bridgehead atoms. The first-order chi connectivity index (χ1) is 8.74. The molecule has 0 fully saturated rings. The van der Waals surface area contributed by atoms with E-state index >= 15 is 0 Å². The second-order valence-corrected chi connectivity index (χ2v) is 3.91. The van der Waals surface area contributed by atoms with Crippen molar-refractivity contribution in [2.24, 2.45) is 0 Å². The van der Waals surface area contributed by atoms with Crippen LogP contribution in [0.25, 0.3) is 0 Å². The van der Waals surface area contributed by atoms with Gasteiger partial charge in [-0.1, -0.05) is 61.9 Å². The van der Waals surface area contributed by atoms with E-state index in [-0.39, 0.29) is 0 Å². The monoisotopic (exact) mass is 242 g/mol. The number of hydrogen-bond acceptors (Lipinski definition) is 1. The highest BCUT2D eigenvalue weighted by Crippen LogP contribution is 2.00. The summed E-state index contributed by atoms with van der Waals surface area (Å²) in [6.07, 6.45) is 2.45. The van der Waals surface area contributed by atoms with Crippen LogP contribution < -0.4 is 0 Å². The number of carboxylic acids is 1. The summed E-state index contributed by atoms with van der Waals surface area (Å²) in [7, 11) is 0. The molecule has 2 heteroatoms. The van der Waals surface area contributed by atoms with E-state index in [2.05, 4.69) is 37.3 Å². The summed E-state index contributed by atoms with van der Waals surface area (Å²) < 4.78 is 0. The average molecular weight is 242 g/mol. The van der Waals surface area contributed by atoms with E-state index in [1.165, 1.54) is 18.4 Å². The molecule has 0 heterocycles. The van der Waals surface area contributed by atoms with Crippen LogP contribution in [-0.4, -0.2) is 11.1 Å². The van der Waals surface area contributed by atoms with Crippen LogP contribution in [0.5, 0.6) is 0 Å². The van der Waals surface area contributed by atoms with Crippen molar-refractivity contribution in [3.05, 3.63) is 71.8 Å². The highest BCUT2D eigenvalue weighted by molar-refractivity contribution is 5.87. The number of aromatic carboxylic acids is 1. The second kappa shape index (κ2) is 8.07. The Morgan fingerprint density at radius 1 is 0.944 bits per heavy atom. The Balaban J connectivity index is 0.000000180. The van der Waals surface area contributed by atoms with Gasteiger partial charge < -0.3 is 5.11 Å². The van der Waals surface area contributed by atoms with Crippen LogP contribution in [0.3, 0.4) is 0 Å². The van der Waals surface area contributed by atoms with E-state index in [1.54, 1.807) is 30.3 Å². The molecule has 2 aromatic carbocycles. The molecule has 0 radical (unpaired) electrons. The SMILES string of the molecule is CCCc1ccccc1.O=C(O)c1ccccc1. The number of hydrogen-bond donors (Lipinski definition) is 1. The lowest BCUT2D eigenvalue weighted by atomic mass is 10.1. The van der Waals surface area contributed by atoms with Crippen LogP contribution in [-0.2, 0) is 6.42 Å². The number of rotatable bonds is 3. The fourth-order valence-corrected chi connectivity index (χ4v) is 1.51. The number of carbonyl (C=O) groups is 1. The van der Waals surface area contributed by atoms with Gasteiger partial charge in [-0.15, -0.1) is 0 Å². The quantitative estimate of drug-likeness (QED) is 0.882. The van der Waals surface area contributed by atoms with Crippen LogP contribution in [0.4, 0.5) is 0 Å². The predicted molar refractivity (Wildman–Crippen MR) is 73.8 cm³/mol. The lowest BCUT2D eigenvalue weighted by Gasteiger charge is -1.93. The largest absolute Gasteiger partial charge is 0.478 e. The molecule has 0 spiro atoms. The van der Waals surface area contributed by atoms with Gasteiger partial charge in [-0.2, -0.15) is 0 Å². The Morgan fingerprint density at radius 3 is 1.83 bits per heavy atom. The first-order valence-corrected chi connectivity index (χ1v) is 6.06. The molecular weight excluding hydrogens is 224 g/mol. The van der Waals surface area contributed by atoms with Crippen LogP contribution in [0, 0.1) is 0 Å². The van der Waals surface area contributed by atoms with Gasteiger partial charge in [-0.3, -0.25) is 0 Å². The number of benzene rings is 2. The first-order valence-electron chi connectivity index (χ1n) is 6.06. The van der Waals surface area contributed by atoms with Gasteiger partial charge in [0.05, 0.1) is 5.56 Å². The van der Waals surface area contributed by atoms with Crippen molar-refractivity contribution >= 4 is 5.97 Å². The summed E-state index contributed by atoms with van der Waals surface area (Å²) in [6.45, 7) is 2.20. The topological polar surface area (TPSA) is 37.3 Å². The lowest BCUT2D eigenvalue weighted by Crippen LogP contribution is -1.93. The third kappa shape index (κ3) is 5.30. The fraction of sp³-hybridized carbons (Fsp3) is 0.188. The maximum absolute atomic E-state index is 10.2. The van der Waals surface area contributed by atoms with Gasteiger partial charge in [0.2, 0.25) is 0 Å². The minimum absolute atomic E-state index is 0.331. The molecule has 0 atom stereocenters. The smallest absolute Gasteiger partial charge is 0.335 e. The summed E-state index contributed by atoms with van der Waals surface area (Å²) in [6, 6.07) is 18.9. The minimum Gasteiger partial charge on any atom is -0.478 e. The van der Waals surface area contributed by atoms with Gasteiger partial charge in [0, 0.05) is 0 Å². The normalized spacial score (nSPS) is 9.17. The lowest BCUT2D eigenvalue weighted by molar-refractivity contribution is 0.0697. The van der Waals surface area contributed by atoms with E-state index in [0.717, 1.165) is 0 Å². The third-order valence-corrected chi connectivity index (χ3v) is 2.40. The van der Waals surface area contributed by atoms with Crippen LogP contribution >= 0.6 is 0 Å². The molecule has 0 aliphatic carbocycles. The molecule has 0 saturated heterocycles. The van der Waals surface area contributed by atoms with E-state index in [1.807, 2.05) is 0 Å². The molecule has 94 valence electrons. The van der Waals surface area contributed by atoms with Crippen molar-refractivity contribution in [3.63, 3.8) is 0 Å². The summed E-state index contributed by atoms with van der Waals surface area (Å²) in [5.41, 5.74) is 1.78. The highest BCUT2D eigenvalue weighted by Gasteiger charge is 1.96. The van der Waals surface area contributed by atoms with Crippen molar-refractivity contribution in [3.8, 4) is 0 Å². The Labute approximate surface area is 108 Å². The standard InChI is InChI=1S/C9H12.C7H6O2/c1-2-6-9-7-4-3-5-8-9;8-7(9)6-4-2-1-3-5-6/h3-5,7-8H,2,6H2,1H3;1-5H,(H,8,9). The van der Waals surface area contributed by atoms with Crippen molar-refractivity contribution < 1.29 is 9.90 Å². The zero-order chi connectivity index (χ0) is 13.2. The maximum atomic E-state index is 10.2. The summed E-state index contributed by atoms with van der Waals surface area (Å²) in [4.78, 5) is 10.2. The molecule has 2 rings (SSSR count). The predicted octanol–water partition coefficient (Wildman–Crippen LogP) is 4.02. The van der Waals surface area contributed by atoms with Crippen molar-refractivity contribution in [1.29, 1.82) is 0 Å². The van der Waals surface area contributed by atoms with E-state index < -0.39 is 5.97 Å². The summed E-state index contributed by atoms with van der Waals surface area (Å²) >= 11 is 0. The molecule has 2 aromatic rings. The first kappa shape index (κ1) is 14.0. The Hall–Kier alpha value is -2.09. The van der Waals surface area contributed by atoms with E-state index in [0.29, 0.717) is 5.56 Å². The zero-order valence-electron chi connectivity index (χ0n) is 10.5. The van der Waals surface area contributed by atoms with Crippen LogP contribution in [0.15, 0.2) is 60.7 Å². The number of aryl methyl sites for hydroxylation is 1. The van der Waals surface area contributed by atoms with Gasteiger partial charge >= 0.3 is 5.97 Å². The fourth-order valence-electron chi connectivity index (χ4n) is 1.51. The molecule has 0 aromatic heterocycles. The Bertz CT molecular complexity index is 449. The van der Waals surface area contributed by atoms with Gasteiger partial charge in [-0.25, -0.2) is 4.79 Å². The maximum Gasteiger partial charge on any atom is 0.335 e. The summed E-state index contributed by atoms with van der Waals surface area (Å²) in [5.74, 6) is -0.879. The highest BCUT2D eigenvalue weighted by atomic mass is 16.4. The van der Waals surface area contributed by atoms with Crippen LogP contribution in [0.2, 0.25) is 0 Å². The van der Waals surface area contributed by atoms with E-state index in [4.69, 9.17) is 5.11 Å². The molecule has 0 aliphatic rings. The van der Waals surface area contributed by atoms with Crippen molar-refractivity contribution in [2.45, 2.75) is 19.8 Å². The third-order valence-electron chi connectivity index (χ3n) is 2.40.